The van der Waals surface area contributed by atoms with Gasteiger partial charge in [-0.15, -0.1) is 0 Å². The summed E-state index contributed by atoms with van der Waals surface area (Å²) in [7, 11) is 0. The number of carbonyl (C=O) groups is 2. The van der Waals surface area contributed by atoms with Gasteiger partial charge < -0.3 is 20.3 Å². The first kappa shape index (κ1) is 16.6. The Balaban J connectivity index is 3.05. The van der Waals surface area contributed by atoms with E-state index in [4.69, 9.17) is 20.3 Å². The maximum atomic E-state index is 11.1. The summed E-state index contributed by atoms with van der Waals surface area (Å²) < 4.78 is 10.9. The zero-order valence-corrected chi connectivity index (χ0v) is 12.0. The smallest absolute Gasteiger partial charge is 0.328 e. The van der Waals surface area contributed by atoms with Crippen molar-refractivity contribution in [2.45, 2.75) is 26.4 Å². The number of hydrogen-bond donors (Lipinski definition) is 2. The lowest BCUT2D eigenvalue weighted by atomic mass is 10.1. The van der Waals surface area contributed by atoms with Crippen LogP contribution < -0.4 is 15.2 Å². The van der Waals surface area contributed by atoms with E-state index >= 15 is 0 Å². The molecule has 1 unspecified atom stereocenters. The van der Waals surface area contributed by atoms with Crippen LogP contribution in [0.5, 0.6) is 11.5 Å². The number of benzene rings is 1. The molecule has 1 amide bonds. The molecule has 1 aromatic carbocycles. The average Bonchev–Trinajstić information content (AvgIpc) is 2.43. The second-order valence-corrected chi connectivity index (χ2v) is 4.38. The summed E-state index contributed by atoms with van der Waals surface area (Å²) >= 11 is 0. The molecule has 6 heteroatoms. The Morgan fingerprint density at radius 2 is 2.14 bits per heavy atom. The molecule has 0 spiro atoms. The molecule has 0 bridgehead atoms. The summed E-state index contributed by atoms with van der Waals surface area (Å²) in [6.45, 7) is 4.05. The molecular formula is C15H19NO5. The highest BCUT2D eigenvalue weighted by atomic mass is 16.5. The summed E-state index contributed by atoms with van der Waals surface area (Å²) in [6.07, 6.45) is 2.40. The van der Waals surface area contributed by atoms with Crippen molar-refractivity contribution in [3.05, 3.63) is 29.8 Å². The summed E-state index contributed by atoms with van der Waals surface area (Å²) in [5.74, 6) is -0.762. The summed E-state index contributed by atoms with van der Waals surface area (Å²) in [4.78, 5) is 21.7. The maximum Gasteiger partial charge on any atom is 0.328 e. The van der Waals surface area contributed by atoms with Gasteiger partial charge in [0, 0.05) is 17.7 Å². The minimum Gasteiger partial charge on any atom is -0.493 e. The van der Waals surface area contributed by atoms with Crippen LogP contribution in [0.1, 0.15) is 25.8 Å². The zero-order valence-electron chi connectivity index (χ0n) is 12.0. The van der Waals surface area contributed by atoms with E-state index in [9.17, 15) is 9.59 Å². The van der Waals surface area contributed by atoms with Crippen LogP contribution in [-0.2, 0) is 9.59 Å². The van der Waals surface area contributed by atoms with Gasteiger partial charge in [0.25, 0.3) is 5.91 Å². The van der Waals surface area contributed by atoms with Crippen LogP contribution in [0.25, 0.3) is 6.08 Å². The predicted octanol–water partition coefficient (Wildman–Crippen LogP) is 1.83. The molecule has 0 saturated carbocycles. The van der Waals surface area contributed by atoms with Crippen molar-refractivity contribution in [2.24, 2.45) is 5.73 Å². The lowest BCUT2D eigenvalue weighted by molar-refractivity contribution is -0.131. The Hall–Kier alpha value is -2.50. The number of carbonyl (C=O) groups excluding carboxylic acids is 1. The number of primary amides is 1. The first-order valence-electron chi connectivity index (χ1n) is 6.58. The highest BCUT2D eigenvalue weighted by Gasteiger charge is 2.13. The van der Waals surface area contributed by atoms with Gasteiger partial charge in [-0.3, -0.25) is 4.79 Å². The van der Waals surface area contributed by atoms with Crippen LogP contribution in [-0.4, -0.2) is 29.7 Å². The van der Waals surface area contributed by atoms with E-state index in [1.54, 1.807) is 18.2 Å². The van der Waals surface area contributed by atoms with Crippen LogP contribution in [0.3, 0.4) is 0 Å². The Morgan fingerprint density at radius 3 is 2.71 bits per heavy atom. The topological polar surface area (TPSA) is 98.8 Å². The number of nitrogens with two attached hydrogens (primary N) is 1. The Morgan fingerprint density at radius 1 is 1.43 bits per heavy atom. The summed E-state index contributed by atoms with van der Waals surface area (Å²) in [5.41, 5.74) is 5.69. The number of ether oxygens (including phenoxy) is 2. The predicted molar refractivity (Wildman–Crippen MR) is 78.2 cm³/mol. The molecule has 0 fully saturated rings. The van der Waals surface area contributed by atoms with Gasteiger partial charge in [-0.2, -0.15) is 0 Å². The molecule has 0 aromatic heterocycles. The number of rotatable bonds is 8. The first-order chi connectivity index (χ1) is 9.93. The minimum atomic E-state index is -1.07. The van der Waals surface area contributed by atoms with E-state index < -0.39 is 18.0 Å². The van der Waals surface area contributed by atoms with Crippen molar-refractivity contribution in [3.63, 3.8) is 0 Å². The quantitative estimate of drug-likeness (QED) is 0.712. The monoisotopic (exact) mass is 293 g/mol. The largest absolute Gasteiger partial charge is 0.493 e. The standard InChI is InChI=1S/C15H19NO5/c1-3-8-20-12-6-4-11(5-7-14(17)18)13(9-12)21-10(2)15(16)19/h4-7,9-10H,3,8H2,1-2H3,(H2,16,19)(H,17,18)/b7-5+. The van der Waals surface area contributed by atoms with Gasteiger partial charge in [0.1, 0.15) is 11.5 Å². The Kier molecular flexibility index (Phi) is 6.26. The van der Waals surface area contributed by atoms with Gasteiger partial charge >= 0.3 is 5.97 Å². The van der Waals surface area contributed by atoms with Gasteiger partial charge in [0.2, 0.25) is 0 Å². The van der Waals surface area contributed by atoms with E-state index in [0.717, 1.165) is 12.5 Å². The van der Waals surface area contributed by atoms with Crippen LogP contribution >= 0.6 is 0 Å². The Bertz CT molecular complexity index is 539. The van der Waals surface area contributed by atoms with Crippen molar-refractivity contribution < 1.29 is 24.2 Å². The lowest BCUT2D eigenvalue weighted by Crippen LogP contribution is -2.30. The minimum absolute atomic E-state index is 0.340. The number of aliphatic carboxylic acids is 1. The van der Waals surface area contributed by atoms with Gasteiger partial charge in [-0.05, 0) is 31.6 Å². The molecule has 0 aliphatic carbocycles. The lowest BCUT2D eigenvalue weighted by Gasteiger charge is -2.15. The van der Waals surface area contributed by atoms with Crippen molar-refractivity contribution >= 4 is 18.0 Å². The van der Waals surface area contributed by atoms with Crippen molar-refractivity contribution in [2.75, 3.05) is 6.61 Å². The highest BCUT2D eigenvalue weighted by Crippen LogP contribution is 2.27. The number of carboxylic acid groups (broad SMARTS) is 1. The highest BCUT2D eigenvalue weighted by molar-refractivity contribution is 5.86. The molecular weight excluding hydrogens is 274 g/mol. The van der Waals surface area contributed by atoms with Gasteiger partial charge in [0.05, 0.1) is 6.61 Å². The number of hydrogen-bond acceptors (Lipinski definition) is 4. The molecule has 0 radical (unpaired) electrons. The fourth-order valence-electron chi connectivity index (χ4n) is 1.47. The molecule has 0 saturated heterocycles. The van der Waals surface area contributed by atoms with Crippen LogP contribution in [0.15, 0.2) is 24.3 Å². The molecule has 114 valence electrons. The first-order valence-corrected chi connectivity index (χ1v) is 6.58. The SMILES string of the molecule is CCCOc1ccc(/C=C/C(=O)O)c(OC(C)C(N)=O)c1. The summed E-state index contributed by atoms with van der Waals surface area (Å²) in [6, 6.07) is 4.98. The third-order valence-corrected chi connectivity index (χ3v) is 2.57. The van der Waals surface area contributed by atoms with E-state index in [-0.39, 0.29) is 0 Å². The van der Waals surface area contributed by atoms with Crippen molar-refractivity contribution in [1.29, 1.82) is 0 Å². The van der Waals surface area contributed by atoms with Crippen LogP contribution in [0.4, 0.5) is 0 Å². The average molecular weight is 293 g/mol. The van der Waals surface area contributed by atoms with E-state index in [1.807, 2.05) is 6.92 Å². The normalized spacial score (nSPS) is 12.1. The molecule has 1 aromatic rings. The third-order valence-electron chi connectivity index (χ3n) is 2.57. The number of carboxylic acids is 1. The molecule has 3 N–H and O–H groups in total. The fourth-order valence-corrected chi connectivity index (χ4v) is 1.47. The molecule has 1 rings (SSSR count). The molecule has 0 heterocycles. The van der Waals surface area contributed by atoms with Gasteiger partial charge in [0.15, 0.2) is 6.10 Å². The third kappa shape index (κ3) is 5.56. The zero-order chi connectivity index (χ0) is 15.8. The van der Waals surface area contributed by atoms with Crippen LogP contribution in [0.2, 0.25) is 0 Å². The second kappa shape index (κ2) is 7.94. The molecule has 6 nitrogen and oxygen atoms in total. The van der Waals surface area contributed by atoms with Crippen molar-refractivity contribution in [3.8, 4) is 11.5 Å². The van der Waals surface area contributed by atoms with E-state index in [1.165, 1.54) is 13.0 Å². The Labute approximate surface area is 123 Å². The van der Waals surface area contributed by atoms with Gasteiger partial charge in [-0.1, -0.05) is 6.92 Å². The molecule has 21 heavy (non-hydrogen) atoms. The van der Waals surface area contributed by atoms with Crippen LogP contribution in [0, 0.1) is 0 Å². The van der Waals surface area contributed by atoms with Crippen molar-refractivity contribution in [1.82, 2.24) is 0 Å². The van der Waals surface area contributed by atoms with E-state index in [0.29, 0.717) is 23.7 Å². The fraction of sp³-hybridized carbons (Fsp3) is 0.333. The summed E-state index contributed by atoms with van der Waals surface area (Å²) in [5, 5.41) is 8.68. The maximum absolute atomic E-state index is 11.1. The van der Waals surface area contributed by atoms with Gasteiger partial charge in [-0.25, -0.2) is 4.79 Å². The number of amides is 1. The molecule has 0 aliphatic rings. The molecule has 0 aliphatic heterocycles. The second-order valence-electron chi connectivity index (χ2n) is 4.38. The van der Waals surface area contributed by atoms with E-state index in [2.05, 4.69) is 0 Å². The molecule has 1 atom stereocenters.